The zero-order valence-corrected chi connectivity index (χ0v) is 12.2. The number of nitrogens with two attached hydrogens (primary N) is 1. The van der Waals surface area contributed by atoms with Gasteiger partial charge in [-0.2, -0.15) is 11.8 Å². The summed E-state index contributed by atoms with van der Waals surface area (Å²) in [6.07, 6.45) is 0. The minimum absolute atomic E-state index is 0.165. The standard InChI is InChI=1S/C14H21N3OS/c1-10-7-17(8-11(2)19-10)9-12-4-3-5-13(6-12)14(15)16-18/h3-6,10-11,18H,7-9H2,1-2H3,(H2,15,16). The van der Waals surface area contributed by atoms with Crippen LogP contribution in [0.4, 0.5) is 0 Å². The molecule has 0 bridgehead atoms. The van der Waals surface area contributed by atoms with Crippen molar-refractivity contribution in [3.05, 3.63) is 35.4 Å². The summed E-state index contributed by atoms with van der Waals surface area (Å²) < 4.78 is 0. The molecule has 1 aromatic rings. The van der Waals surface area contributed by atoms with E-state index >= 15 is 0 Å². The van der Waals surface area contributed by atoms with Gasteiger partial charge in [-0.25, -0.2) is 0 Å². The number of amidine groups is 1. The van der Waals surface area contributed by atoms with Crippen LogP contribution >= 0.6 is 11.8 Å². The summed E-state index contributed by atoms with van der Waals surface area (Å²) in [6.45, 7) is 7.70. The highest BCUT2D eigenvalue weighted by molar-refractivity contribution is 8.00. The van der Waals surface area contributed by atoms with Gasteiger partial charge in [0.2, 0.25) is 0 Å². The highest BCUT2D eigenvalue weighted by Gasteiger charge is 2.22. The normalized spacial score (nSPS) is 25.5. The van der Waals surface area contributed by atoms with Crippen molar-refractivity contribution in [2.24, 2.45) is 10.9 Å². The molecular formula is C14H21N3OS. The Morgan fingerprint density at radius 2 is 2.11 bits per heavy atom. The lowest BCUT2D eigenvalue weighted by Crippen LogP contribution is -2.39. The zero-order chi connectivity index (χ0) is 13.8. The van der Waals surface area contributed by atoms with Gasteiger partial charge in [0.1, 0.15) is 0 Å². The first-order valence-electron chi connectivity index (χ1n) is 6.53. The Morgan fingerprint density at radius 3 is 2.74 bits per heavy atom. The summed E-state index contributed by atoms with van der Waals surface area (Å²) in [6, 6.07) is 7.89. The van der Waals surface area contributed by atoms with Crippen LogP contribution < -0.4 is 5.73 Å². The van der Waals surface area contributed by atoms with Crippen molar-refractivity contribution < 1.29 is 5.21 Å². The molecule has 0 spiro atoms. The Morgan fingerprint density at radius 1 is 1.42 bits per heavy atom. The molecule has 0 saturated carbocycles. The maximum atomic E-state index is 8.72. The number of hydrogen-bond donors (Lipinski definition) is 2. The molecule has 0 aromatic heterocycles. The van der Waals surface area contributed by atoms with Gasteiger partial charge in [0, 0.05) is 35.7 Å². The van der Waals surface area contributed by atoms with Crippen LogP contribution in [0, 0.1) is 0 Å². The zero-order valence-electron chi connectivity index (χ0n) is 11.4. The molecule has 0 radical (unpaired) electrons. The van der Waals surface area contributed by atoms with Gasteiger partial charge in [0.05, 0.1) is 0 Å². The van der Waals surface area contributed by atoms with Gasteiger partial charge in [-0.15, -0.1) is 0 Å². The first-order chi connectivity index (χ1) is 9.08. The van der Waals surface area contributed by atoms with Crippen LogP contribution in [-0.2, 0) is 6.54 Å². The average molecular weight is 279 g/mol. The van der Waals surface area contributed by atoms with Crippen LogP contribution in [0.15, 0.2) is 29.4 Å². The Kier molecular flexibility index (Phi) is 4.71. The highest BCUT2D eigenvalue weighted by atomic mass is 32.2. The van der Waals surface area contributed by atoms with Gasteiger partial charge in [-0.05, 0) is 11.6 Å². The smallest absolute Gasteiger partial charge is 0.170 e. The lowest BCUT2D eigenvalue weighted by Gasteiger charge is -2.34. The first-order valence-corrected chi connectivity index (χ1v) is 7.47. The van der Waals surface area contributed by atoms with Gasteiger partial charge in [-0.3, -0.25) is 4.90 Å². The van der Waals surface area contributed by atoms with Gasteiger partial charge in [0.15, 0.2) is 5.84 Å². The van der Waals surface area contributed by atoms with Gasteiger partial charge in [0.25, 0.3) is 0 Å². The van der Waals surface area contributed by atoms with Gasteiger partial charge < -0.3 is 10.9 Å². The van der Waals surface area contributed by atoms with Gasteiger partial charge >= 0.3 is 0 Å². The third-order valence-corrected chi connectivity index (χ3v) is 4.46. The number of hydrogen-bond acceptors (Lipinski definition) is 4. The third-order valence-electron chi connectivity index (χ3n) is 3.23. The Hall–Kier alpha value is -1.20. The molecule has 1 aliphatic rings. The highest BCUT2D eigenvalue weighted by Crippen LogP contribution is 2.25. The molecule has 1 aromatic carbocycles. The first kappa shape index (κ1) is 14.2. The van der Waals surface area contributed by atoms with Crippen LogP contribution in [-0.4, -0.2) is 39.5 Å². The molecule has 0 amide bonds. The molecule has 2 atom stereocenters. The molecule has 1 saturated heterocycles. The molecule has 104 valence electrons. The summed E-state index contributed by atoms with van der Waals surface area (Å²) in [5, 5.41) is 13.1. The Balaban J connectivity index is 2.06. The average Bonchev–Trinajstić information content (AvgIpc) is 2.37. The molecule has 1 fully saturated rings. The second kappa shape index (κ2) is 6.30. The fourth-order valence-electron chi connectivity index (χ4n) is 2.56. The largest absolute Gasteiger partial charge is 0.409 e. The number of thioether (sulfide) groups is 1. The maximum Gasteiger partial charge on any atom is 0.170 e. The maximum absolute atomic E-state index is 8.72. The van der Waals surface area contributed by atoms with Crippen LogP contribution in [0.2, 0.25) is 0 Å². The fraction of sp³-hybridized carbons (Fsp3) is 0.500. The summed E-state index contributed by atoms with van der Waals surface area (Å²) in [4.78, 5) is 2.47. The Bertz CT molecular complexity index is 454. The van der Waals surface area contributed by atoms with E-state index in [1.54, 1.807) is 0 Å². The number of oxime groups is 1. The molecule has 2 unspecified atom stereocenters. The SMILES string of the molecule is CC1CN(Cc2cccc(C(N)=NO)c2)CC(C)S1. The predicted molar refractivity (Wildman–Crippen MR) is 80.7 cm³/mol. The summed E-state index contributed by atoms with van der Waals surface area (Å²) >= 11 is 2.05. The van der Waals surface area contributed by atoms with E-state index < -0.39 is 0 Å². The summed E-state index contributed by atoms with van der Waals surface area (Å²) in [5.41, 5.74) is 7.60. The fourth-order valence-corrected chi connectivity index (χ4v) is 3.95. The molecular weight excluding hydrogens is 258 g/mol. The second-order valence-electron chi connectivity index (χ2n) is 5.14. The minimum atomic E-state index is 0.165. The predicted octanol–water partition coefficient (Wildman–Crippen LogP) is 2.11. The van der Waals surface area contributed by atoms with E-state index in [2.05, 4.69) is 41.7 Å². The lowest BCUT2D eigenvalue weighted by molar-refractivity contribution is 0.263. The van der Waals surface area contributed by atoms with E-state index in [4.69, 9.17) is 10.9 Å². The lowest BCUT2D eigenvalue weighted by atomic mass is 10.1. The van der Waals surface area contributed by atoms with E-state index in [1.807, 2.05) is 18.2 Å². The number of rotatable bonds is 3. The molecule has 0 aliphatic carbocycles. The second-order valence-corrected chi connectivity index (χ2v) is 7.02. The van der Waals surface area contributed by atoms with E-state index in [0.29, 0.717) is 10.5 Å². The van der Waals surface area contributed by atoms with Crippen molar-refractivity contribution in [2.45, 2.75) is 30.9 Å². The molecule has 3 N–H and O–H groups in total. The van der Waals surface area contributed by atoms with Crippen LogP contribution in [0.3, 0.4) is 0 Å². The number of nitrogens with zero attached hydrogens (tertiary/aromatic N) is 2. The van der Waals surface area contributed by atoms with Crippen molar-refractivity contribution in [3.8, 4) is 0 Å². The monoisotopic (exact) mass is 279 g/mol. The molecule has 1 heterocycles. The molecule has 5 heteroatoms. The molecule has 1 aliphatic heterocycles. The van der Waals surface area contributed by atoms with E-state index in [-0.39, 0.29) is 5.84 Å². The number of benzene rings is 1. The van der Waals surface area contributed by atoms with E-state index in [9.17, 15) is 0 Å². The van der Waals surface area contributed by atoms with Crippen molar-refractivity contribution in [3.63, 3.8) is 0 Å². The molecule has 2 rings (SSSR count). The molecule has 19 heavy (non-hydrogen) atoms. The van der Waals surface area contributed by atoms with Gasteiger partial charge in [-0.1, -0.05) is 37.2 Å². The van der Waals surface area contributed by atoms with Crippen molar-refractivity contribution in [2.75, 3.05) is 13.1 Å². The molecule has 4 nitrogen and oxygen atoms in total. The van der Waals surface area contributed by atoms with Crippen LogP contribution in [0.1, 0.15) is 25.0 Å². The minimum Gasteiger partial charge on any atom is -0.409 e. The van der Waals surface area contributed by atoms with E-state index in [0.717, 1.165) is 25.2 Å². The van der Waals surface area contributed by atoms with Crippen molar-refractivity contribution in [1.82, 2.24) is 4.90 Å². The van der Waals surface area contributed by atoms with Crippen molar-refractivity contribution in [1.29, 1.82) is 0 Å². The third kappa shape index (κ3) is 3.88. The van der Waals surface area contributed by atoms with Crippen LogP contribution in [0.5, 0.6) is 0 Å². The summed E-state index contributed by atoms with van der Waals surface area (Å²) in [7, 11) is 0. The quantitative estimate of drug-likeness (QED) is 0.385. The topological polar surface area (TPSA) is 61.8 Å². The van der Waals surface area contributed by atoms with Crippen LogP contribution in [0.25, 0.3) is 0 Å². The summed E-state index contributed by atoms with van der Waals surface area (Å²) in [5.74, 6) is 0.165. The Labute approximate surface area is 118 Å². The van der Waals surface area contributed by atoms with E-state index in [1.165, 1.54) is 5.56 Å². The van der Waals surface area contributed by atoms with Crippen molar-refractivity contribution >= 4 is 17.6 Å².